The van der Waals surface area contributed by atoms with Gasteiger partial charge in [-0.05, 0) is 99.5 Å². The molecule has 3 N–H and O–H groups in total. The van der Waals surface area contributed by atoms with E-state index in [1.807, 2.05) is 32.0 Å². The molecule has 80 heavy (non-hydrogen) atoms. The topological polar surface area (TPSA) is 201 Å². The standard InChI is InChI=1S/C58H80F3N7O12/c1-5-66(6-2)49-16-17-52(50(42-49)51-41-46(18-19-63-51)55(70)65-43-44-11-9-14-48(39-44)58(59,60)61)68(57(72)47-13-10-12-45(40-47)54(69)62-3)23-22-67-21-8-7-15-53(67)56(71)64-20-24-74-27-28-76-31-32-78-35-36-80-38-37-79-34-33-77-30-29-75-26-25-73-4/h9-14,16-19,39-42,53H,5-8,15,20-38,43H2,1-4H3,(H,62,69)(H,64,71)(H,65,70)/t53-/m0/s1. The van der Waals surface area contributed by atoms with E-state index in [0.29, 0.717) is 154 Å². The van der Waals surface area contributed by atoms with Crippen LogP contribution in [0.4, 0.5) is 24.5 Å². The molecule has 1 fully saturated rings. The predicted octanol–water partition coefficient (Wildman–Crippen LogP) is 6.28. The van der Waals surface area contributed by atoms with Crippen molar-refractivity contribution in [2.45, 2.75) is 51.9 Å². The number of rotatable bonds is 38. The number of carbonyl (C=O) groups excluding carboxylic acids is 4. The summed E-state index contributed by atoms with van der Waals surface area (Å²) in [6.45, 7) is 13.3. The summed E-state index contributed by atoms with van der Waals surface area (Å²) >= 11 is 0. The lowest BCUT2D eigenvalue weighted by atomic mass is 10.0. The van der Waals surface area contributed by atoms with Gasteiger partial charge in [0.05, 0.1) is 122 Å². The number of hydrogen-bond acceptors (Lipinski definition) is 15. The van der Waals surface area contributed by atoms with E-state index >= 15 is 4.79 Å². The maximum atomic E-state index is 15.0. The van der Waals surface area contributed by atoms with Gasteiger partial charge in [0.2, 0.25) is 5.91 Å². The number of nitrogens with zero attached hydrogens (tertiary/aromatic N) is 4. The van der Waals surface area contributed by atoms with Crippen molar-refractivity contribution in [2.24, 2.45) is 0 Å². The average Bonchev–Trinajstić information content (AvgIpc) is 3.54. The largest absolute Gasteiger partial charge is 0.416 e. The molecule has 0 radical (unpaired) electrons. The molecule has 1 aromatic heterocycles. The molecule has 1 aliphatic rings. The third-order valence-corrected chi connectivity index (χ3v) is 13.0. The molecular weight excluding hydrogens is 1040 g/mol. The van der Waals surface area contributed by atoms with E-state index in [4.69, 9.17) is 42.9 Å². The summed E-state index contributed by atoms with van der Waals surface area (Å²) in [6, 6.07) is 19.5. The highest BCUT2D eigenvalue weighted by atomic mass is 19.4. The van der Waals surface area contributed by atoms with Crippen LogP contribution in [0.3, 0.4) is 0 Å². The van der Waals surface area contributed by atoms with Gasteiger partial charge in [0.25, 0.3) is 17.7 Å². The van der Waals surface area contributed by atoms with Crippen molar-refractivity contribution in [1.29, 1.82) is 0 Å². The first kappa shape index (κ1) is 64.7. The number of methoxy groups -OCH3 is 1. The lowest BCUT2D eigenvalue weighted by Gasteiger charge is -2.36. The first-order valence-corrected chi connectivity index (χ1v) is 27.4. The minimum Gasteiger partial charge on any atom is -0.382 e. The normalized spacial score (nSPS) is 13.7. The number of pyridine rings is 1. The van der Waals surface area contributed by atoms with Crippen LogP contribution in [0, 0.1) is 0 Å². The van der Waals surface area contributed by atoms with Gasteiger partial charge in [0.1, 0.15) is 0 Å². The molecule has 0 aliphatic carbocycles. The van der Waals surface area contributed by atoms with Gasteiger partial charge < -0.3 is 63.6 Å². The molecule has 1 saturated heterocycles. The number of anilines is 2. The van der Waals surface area contributed by atoms with Gasteiger partial charge in [-0.2, -0.15) is 13.2 Å². The molecule has 19 nitrogen and oxygen atoms in total. The Balaban J connectivity index is 1.16. The molecule has 4 amide bonds. The molecule has 0 saturated carbocycles. The number of amides is 4. The highest BCUT2D eigenvalue weighted by molar-refractivity contribution is 6.09. The zero-order valence-corrected chi connectivity index (χ0v) is 46.7. The summed E-state index contributed by atoms with van der Waals surface area (Å²) in [5, 5.41) is 8.37. The Morgan fingerprint density at radius 1 is 0.662 bits per heavy atom. The van der Waals surface area contributed by atoms with Crippen LogP contribution in [0.15, 0.2) is 85.1 Å². The summed E-state index contributed by atoms with van der Waals surface area (Å²) in [7, 11) is 3.14. The summed E-state index contributed by atoms with van der Waals surface area (Å²) in [5.74, 6) is -1.46. The summed E-state index contributed by atoms with van der Waals surface area (Å²) < 4.78 is 84.0. The van der Waals surface area contributed by atoms with Crippen LogP contribution in [0.25, 0.3) is 11.3 Å². The van der Waals surface area contributed by atoms with Crippen molar-refractivity contribution in [3.63, 3.8) is 0 Å². The summed E-state index contributed by atoms with van der Waals surface area (Å²) in [6.07, 6.45) is -0.753. The first-order valence-electron chi connectivity index (χ1n) is 27.4. The number of nitrogens with one attached hydrogen (secondary N) is 3. The number of alkyl halides is 3. The van der Waals surface area contributed by atoms with E-state index in [-0.39, 0.29) is 48.2 Å². The number of likely N-dealkylation sites (tertiary alicyclic amines) is 1. The molecule has 0 unspecified atom stereocenters. The van der Waals surface area contributed by atoms with Crippen molar-refractivity contribution in [1.82, 2.24) is 25.8 Å². The van der Waals surface area contributed by atoms with E-state index in [2.05, 4.69) is 25.8 Å². The lowest BCUT2D eigenvalue weighted by molar-refractivity contribution is -0.137. The number of benzene rings is 3. The monoisotopic (exact) mass is 1120 g/mol. The number of halogens is 3. The van der Waals surface area contributed by atoms with Crippen molar-refractivity contribution in [2.75, 3.05) is 162 Å². The molecule has 4 aromatic rings. The van der Waals surface area contributed by atoms with Crippen molar-refractivity contribution in [3.8, 4) is 11.3 Å². The molecule has 22 heteroatoms. The van der Waals surface area contributed by atoms with E-state index in [1.54, 1.807) is 36.3 Å². The zero-order valence-electron chi connectivity index (χ0n) is 46.7. The average molecular weight is 1120 g/mol. The third-order valence-electron chi connectivity index (χ3n) is 13.0. The van der Waals surface area contributed by atoms with Gasteiger partial charge >= 0.3 is 6.18 Å². The Kier molecular flexibility index (Phi) is 29.4. The SMILES string of the molecule is CCN(CC)c1ccc(N(CCN2CCCC[C@H]2C(=O)NCCOCCOCCOCCOCCOCCOCCOCCOC)C(=O)c2cccc(C(=O)NC)c2)c(-c2cc(C(=O)NCc3cccc(C(F)(F)F)c3)ccn2)c1. The molecule has 1 atom stereocenters. The summed E-state index contributed by atoms with van der Waals surface area (Å²) in [5.41, 5.74) is 2.40. The third kappa shape index (κ3) is 22.1. The number of piperidine rings is 1. The zero-order chi connectivity index (χ0) is 57.4. The van der Waals surface area contributed by atoms with Crippen LogP contribution in [0.2, 0.25) is 0 Å². The van der Waals surface area contributed by atoms with E-state index < -0.39 is 29.6 Å². The molecule has 3 aromatic carbocycles. The molecule has 2 heterocycles. The van der Waals surface area contributed by atoms with Gasteiger partial charge in [-0.1, -0.05) is 24.6 Å². The number of carbonyl (C=O) groups is 4. The van der Waals surface area contributed by atoms with Gasteiger partial charge in [0, 0.05) is 87.6 Å². The number of ether oxygens (including phenoxy) is 8. The molecule has 5 rings (SSSR count). The first-order chi connectivity index (χ1) is 38.9. The van der Waals surface area contributed by atoms with Gasteiger partial charge in [-0.25, -0.2) is 0 Å². The molecule has 0 spiro atoms. The second-order valence-electron chi connectivity index (χ2n) is 18.4. The van der Waals surface area contributed by atoms with Crippen LogP contribution in [-0.2, 0) is 55.4 Å². The van der Waals surface area contributed by atoms with E-state index in [9.17, 15) is 27.6 Å². The lowest BCUT2D eigenvalue weighted by Crippen LogP contribution is -2.52. The maximum Gasteiger partial charge on any atom is 0.416 e. The Hall–Kier alpha value is -6.08. The predicted molar refractivity (Wildman–Crippen MR) is 297 cm³/mol. The molecule has 0 bridgehead atoms. The van der Waals surface area contributed by atoms with Gasteiger partial charge in [-0.15, -0.1) is 0 Å². The highest BCUT2D eigenvalue weighted by Crippen LogP contribution is 2.36. The second kappa shape index (κ2) is 36.3. The van der Waals surface area contributed by atoms with Crippen molar-refractivity contribution in [3.05, 3.63) is 113 Å². The smallest absolute Gasteiger partial charge is 0.382 e. The summed E-state index contributed by atoms with van der Waals surface area (Å²) in [4.78, 5) is 65.8. The Bertz CT molecular complexity index is 2490. The Morgan fingerprint density at radius 3 is 1.85 bits per heavy atom. The van der Waals surface area contributed by atoms with E-state index in [1.165, 1.54) is 37.5 Å². The van der Waals surface area contributed by atoms with Crippen LogP contribution >= 0.6 is 0 Å². The fourth-order valence-corrected chi connectivity index (χ4v) is 8.75. The van der Waals surface area contributed by atoms with Gasteiger partial charge in [0.15, 0.2) is 0 Å². The maximum absolute atomic E-state index is 15.0. The van der Waals surface area contributed by atoms with Gasteiger partial charge in [-0.3, -0.25) is 29.1 Å². The minimum atomic E-state index is -4.54. The minimum absolute atomic E-state index is 0.129. The van der Waals surface area contributed by atoms with Crippen LogP contribution in [0.1, 0.15) is 75.3 Å². The second-order valence-corrected chi connectivity index (χ2v) is 18.4. The number of aromatic nitrogens is 1. The fourth-order valence-electron chi connectivity index (χ4n) is 8.75. The molecule has 1 aliphatic heterocycles. The Labute approximate surface area is 468 Å². The highest BCUT2D eigenvalue weighted by Gasteiger charge is 2.32. The van der Waals surface area contributed by atoms with Crippen molar-refractivity contribution >= 4 is 35.0 Å². The quantitative estimate of drug-likeness (QED) is 0.0423. The van der Waals surface area contributed by atoms with E-state index in [0.717, 1.165) is 30.7 Å². The van der Waals surface area contributed by atoms with Crippen LogP contribution in [-0.4, -0.2) is 192 Å². The number of hydrogen-bond donors (Lipinski definition) is 3. The molecule has 440 valence electrons. The molecular formula is C58H80F3N7O12. The Morgan fingerprint density at radius 2 is 1.25 bits per heavy atom. The van der Waals surface area contributed by atoms with Crippen LogP contribution < -0.4 is 25.8 Å². The van der Waals surface area contributed by atoms with Crippen molar-refractivity contribution < 1.29 is 70.2 Å². The fraction of sp³-hybridized carbons (Fsp3) is 0.534. The van der Waals surface area contributed by atoms with Crippen LogP contribution in [0.5, 0.6) is 0 Å².